The number of carbonyl (C=O) groups is 2. The zero-order valence-electron chi connectivity index (χ0n) is 20.7. The number of aliphatic hydroxyl groups excluding tert-OH is 1. The summed E-state index contributed by atoms with van der Waals surface area (Å²) in [6, 6.07) is 17.9. The number of Topliss-reactive ketones (excluding diaryl/α,β-unsaturated/α-hetero) is 1. The molecule has 1 N–H and O–H groups in total. The second-order valence-corrected chi connectivity index (χ2v) is 10.5. The van der Waals surface area contributed by atoms with Crippen molar-refractivity contribution >= 4 is 46.3 Å². The van der Waals surface area contributed by atoms with Crippen LogP contribution in [0.15, 0.2) is 66.2 Å². The fourth-order valence-corrected chi connectivity index (χ4v) is 4.96. The average molecular weight is 535 g/mol. The molecule has 0 saturated carbocycles. The van der Waals surface area contributed by atoms with Gasteiger partial charge in [0.2, 0.25) is 0 Å². The third-order valence-electron chi connectivity index (χ3n) is 6.29. The van der Waals surface area contributed by atoms with Crippen molar-refractivity contribution in [2.75, 3.05) is 12.0 Å². The van der Waals surface area contributed by atoms with E-state index >= 15 is 0 Å². The largest absolute Gasteiger partial charge is 0.507 e. The quantitative estimate of drug-likeness (QED) is 0.226. The summed E-state index contributed by atoms with van der Waals surface area (Å²) in [5, 5.41) is 20.8. The van der Waals surface area contributed by atoms with E-state index < -0.39 is 23.5 Å². The van der Waals surface area contributed by atoms with Gasteiger partial charge in [-0.2, -0.15) is 5.26 Å². The zero-order chi connectivity index (χ0) is 27.1. The number of methoxy groups -OCH3 is 1. The van der Waals surface area contributed by atoms with Crippen LogP contribution in [0.25, 0.3) is 5.76 Å². The number of nitriles is 1. The Morgan fingerprint density at radius 2 is 1.57 bits per heavy atom. The second-order valence-electron chi connectivity index (χ2n) is 9.67. The summed E-state index contributed by atoms with van der Waals surface area (Å²) < 4.78 is 5.18. The predicted molar refractivity (Wildman–Crippen MR) is 144 cm³/mol. The summed E-state index contributed by atoms with van der Waals surface area (Å²) in [5.41, 5.74) is 2.48. The van der Waals surface area contributed by atoms with Crippen LogP contribution in [0.1, 0.15) is 49.1 Å². The van der Waals surface area contributed by atoms with Crippen LogP contribution in [0, 0.1) is 11.3 Å². The molecule has 8 heteroatoms. The molecule has 0 radical (unpaired) electrons. The predicted octanol–water partition coefficient (Wildman–Crippen LogP) is 6.80. The molecule has 3 aromatic rings. The first-order chi connectivity index (χ1) is 17.5. The highest BCUT2D eigenvalue weighted by atomic mass is 35.5. The van der Waals surface area contributed by atoms with Gasteiger partial charge >= 0.3 is 0 Å². The van der Waals surface area contributed by atoms with Gasteiger partial charge in [-0.3, -0.25) is 14.5 Å². The first kappa shape index (κ1) is 26.3. The Labute approximate surface area is 225 Å². The maximum Gasteiger partial charge on any atom is 0.300 e. The topological polar surface area (TPSA) is 90.6 Å². The van der Waals surface area contributed by atoms with Gasteiger partial charge in [0.1, 0.15) is 5.76 Å². The summed E-state index contributed by atoms with van der Waals surface area (Å²) in [4.78, 5) is 28.0. The number of hydrogen-bond acceptors (Lipinski definition) is 5. The molecule has 0 spiro atoms. The second kappa shape index (κ2) is 9.93. The lowest BCUT2D eigenvalue weighted by molar-refractivity contribution is -0.132. The van der Waals surface area contributed by atoms with Gasteiger partial charge in [0, 0.05) is 11.3 Å². The Morgan fingerprint density at radius 3 is 2.05 bits per heavy atom. The molecular weight excluding hydrogens is 511 g/mol. The summed E-state index contributed by atoms with van der Waals surface area (Å²) in [6.45, 7) is 6.26. The van der Waals surface area contributed by atoms with Crippen LogP contribution in [-0.4, -0.2) is 23.9 Å². The molecule has 1 unspecified atom stereocenters. The number of aliphatic hydroxyl groups is 1. The van der Waals surface area contributed by atoms with Gasteiger partial charge in [-0.25, -0.2) is 0 Å². The molecule has 6 nitrogen and oxygen atoms in total. The number of hydrogen-bond donors (Lipinski definition) is 1. The third kappa shape index (κ3) is 4.81. The Morgan fingerprint density at radius 1 is 1.00 bits per heavy atom. The molecule has 3 aromatic carbocycles. The van der Waals surface area contributed by atoms with E-state index in [9.17, 15) is 20.0 Å². The molecule has 1 heterocycles. The van der Waals surface area contributed by atoms with Gasteiger partial charge in [0.05, 0.1) is 40.4 Å². The Kier molecular flexibility index (Phi) is 7.05. The summed E-state index contributed by atoms with van der Waals surface area (Å²) in [7, 11) is 1.41. The fourth-order valence-electron chi connectivity index (χ4n) is 4.32. The highest BCUT2D eigenvalue weighted by molar-refractivity contribution is 6.51. The number of halogens is 2. The molecule has 1 aliphatic heterocycles. The number of nitrogens with zero attached hydrogens (tertiary/aromatic N) is 2. The lowest BCUT2D eigenvalue weighted by Crippen LogP contribution is -2.29. The monoisotopic (exact) mass is 534 g/mol. The third-order valence-corrected chi connectivity index (χ3v) is 6.85. The number of rotatable bonds is 4. The van der Waals surface area contributed by atoms with Crippen LogP contribution >= 0.6 is 23.2 Å². The number of ketones is 1. The first-order valence-corrected chi connectivity index (χ1v) is 12.2. The minimum absolute atomic E-state index is 0.102. The molecule has 37 heavy (non-hydrogen) atoms. The molecule has 1 amide bonds. The van der Waals surface area contributed by atoms with Crippen molar-refractivity contribution in [3.05, 3.63) is 98.5 Å². The normalized spacial score (nSPS) is 17.1. The maximum absolute atomic E-state index is 13.4. The van der Waals surface area contributed by atoms with Gasteiger partial charge < -0.3 is 9.84 Å². The number of carbonyl (C=O) groups excluding carboxylic acids is 2. The van der Waals surface area contributed by atoms with E-state index in [1.54, 1.807) is 24.3 Å². The summed E-state index contributed by atoms with van der Waals surface area (Å²) >= 11 is 12.6. The Balaban J connectivity index is 1.94. The molecule has 1 aliphatic rings. The van der Waals surface area contributed by atoms with E-state index in [-0.39, 0.29) is 32.3 Å². The van der Waals surface area contributed by atoms with Crippen LogP contribution in [0.5, 0.6) is 5.75 Å². The standard InChI is InChI=1S/C29H24Cl2N2O4/c1-29(2,3)19-9-7-17(8-10-19)24-23(25(34)18-13-21(30)27(37-4)22(31)14-18)26(35)28(36)33(24)20-11-5-16(15-32)6-12-20/h5-14,24,34H,1-4H3/b25-23+. The van der Waals surface area contributed by atoms with E-state index in [2.05, 4.69) is 20.8 Å². The van der Waals surface area contributed by atoms with Crippen molar-refractivity contribution in [3.63, 3.8) is 0 Å². The number of anilines is 1. The van der Waals surface area contributed by atoms with Crippen molar-refractivity contribution in [3.8, 4) is 11.8 Å². The SMILES string of the molecule is COc1c(Cl)cc(/C(O)=C2\C(=O)C(=O)N(c3ccc(C#N)cc3)C2c2ccc(C(C)(C)C)cc2)cc1Cl. The highest BCUT2D eigenvalue weighted by Crippen LogP contribution is 2.44. The molecule has 1 fully saturated rings. The van der Waals surface area contributed by atoms with Crippen molar-refractivity contribution in [1.29, 1.82) is 5.26 Å². The van der Waals surface area contributed by atoms with E-state index in [1.807, 2.05) is 30.3 Å². The van der Waals surface area contributed by atoms with Crippen molar-refractivity contribution in [1.82, 2.24) is 0 Å². The van der Waals surface area contributed by atoms with E-state index in [4.69, 9.17) is 27.9 Å². The van der Waals surface area contributed by atoms with Gasteiger partial charge in [-0.1, -0.05) is 68.2 Å². The molecule has 4 rings (SSSR count). The van der Waals surface area contributed by atoms with Crippen LogP contribution in [-0.2, 0) is 15.0 Å². The average Bonchev–Trinajstić information content (AvgIpc) is 3.13. The van der Waals surface area contributed by atoms with Crippen molar-refractivity contribution in [2.45, 2.75) is 32.2 Å². The maximum atomic E-state index is 13.4. The van der Waals surface area contributed by atoms with Gasteiger partial charge in [-0.15, -0.1) is 0 Å². The molecule has 1 atom stereocenters. The lowest BCUT2D eigenvalue weighted by atomic mass is 9.85. The summed E-state index contributed by atoms with van der Waals surface area (Å²) in [5.74, 6) is -1.84. The van der Waals surface area contributed by atoms with E-state index in [1.165, 1.54) is 24.1 Å². The first-order valence-electron chi connectivity index (χ1n) is 11.4. The highest BCUT2D eigenvalue weighted by Gasteiger charge is 2.47. The lowest BCUT2D eigenvalue weighted by Gasteiger charge is -2.26. The van der Waals surface area contributed by atoms with Crippen molar-refractivity contribution in [2.24, 2.45) is 0 Å². The smallest absolute Gasteiger partial charge is 0.300 e. The van der Waals surface area contributed by atoms with Gasteiger partial charge in [-0.05, 0) is 52.9 Å². The molecule has 0 bridgehead atoms. The minimum atomic E-state index is -0.929. The van der Waals surface area contributed by atoms with E-state index in [0.29, 0.717) is 16.8 Å². The van der Waals surface area contributed by atoms with E-state index in [0.717, 1.165) is 5.56 Å². The minimum Gasteiger partial charge on any atom is -0.507 e. The number of ether oxygens (including phenoxy) is 1. The van der Waals surface area contributed by atoms with Crippen LogP contribution in [0.4, 0.5) is 5.69 Å². The van der Waals surface area contributed by atoms with Crippen molar-refractivity contribution < 1.29 is 19.4 Å². The van der Waals surface area contributed by atoms with Crippen LogP contribution in [0.2, 0.25) is 10.0 Å². The fraction of sp³-hybridized carbons (Fsp3) is 0.207. The number of benzene rings is 3. The molecule has 188 valence electrons. The van der Waals surface area contributed by atoms with Gasteiger partial charge in [0.15, 0.2) is 5.75 Å². The number of amides is 1. The van der Waals surface area contributed by atoms with Crippen LogP contribution in [0.3, 0.4) is 0 Å². The molecular formula is C29H24Cl2N2O4. The van der Waals surface area contributed by atoms with Gasteiger partial charge in [0.25, 0.3) is 11.7 Å². The Bertz CT molecular complexity index is 1440. The molecule has 0 aliphatic carbocycles. The summed E-state index contributed by atoms with van der Waals surface area (Å²) in [6.07, 6.45) is 0. The van der Waals surface area contributed by atoms with Crippen LogP contribution < -0.4 is 9.64 Å². The zero-order valence-corrected chi connectivity index (χ0v) is 22.2. The Hall–Kier alpha value is -3.79. The molecule has 1 saturated heterocycles. The molecule has 0 aromatic heterocycles.